The molecule has 0 radical (unpaired) electrons. The molecule has 2 amide bonds. The largest absolute Gasteiger partial charge is 0.490 e. The Morgan fingerprint density at radius 1 is 1.06 bits per heavy atom. The molecule has 0 N–H and O–H groups in total. The number of halogens is 1. The molecule has 2 saturated heterocycles. The smallest absolute Gasteiger partial charge is 0.225 e. The summed E-state index contributed by atoms with van der Waals surface area (Å²) in [4.78, 5) is 34.0. The Bertz CT molecular complexity index is 1020. The van der Waals surface area contributed by atoms with Crippen molar-refractivity contribution in [2.45, 2.75) is 38.8 Å². The van der Waals surface area contributed by atoms with Crippen molar-refractivity contribution in [3.8, 4) is 5.75 Å². The van der Waals surface area contributed by atoms with Crippen LogP contribution in [0.3, 0.4) is 0 Å². The van der Waals surface area contributed by atoms with Gasteiger partial charge in [-0.2, -0.15) is 5.10 Å². The van der Waals surface area contributed by atoms with Gasteiger partial charge in [0.2, 0.25) is 11.8 Å². The number of rotatable bonds is 8. The van der Waals surface area contributed by atoms with Gasteiger partial charge < -0.3 is 24.0 Å². The number of carbonyl (C=O) groups excluding carboxylic acids is 2. The van der Waals surface area contributed by atoms with Gasteiger partial charge in [0.15, 0.2) is 0 Å². The maximum absolute atomic E-state index is 13.3. The van der Waals surface area contributed by atoms with E-state index in [4.69, 9.17) is 14.2 Å². The fraction of sp³-hybridized carbons (Fsp3) is 0.583. The van der Waals surface area contributed by atoms with E-state index in [9.17, 15) is 14.0 Å². The second-order valence-corrected chi connectivity index (χ2v) is 8.94. The van der Waals surface area contributed by atoms with Crippen LogP contribution in [-0.4, -0.2) is 94.6 Å². The van der Waals surface area contributed by atoms with E-state index in [1.807, 2.05) is 13.8 Å². The number of aryl methyl sites for hydroxylation is 3. The first-order chi connectivity index (χ1) is 16.8. The summed E-state index contributed by atoms with van der Waals surface area (Å²) in [5.41, 5.74) is -1.02. The van der Waals surface area contributed by atoms with E-state index in [2.05, 4.69) is 10.1 Å². The van der Waals surface area contributed by atoms with E-state index in [0.29, 0.717) is 51.0 Å². The van der Waals surface area contributed by atoms with Crippen molar-refractivity contribution in [2.24, 2.45) is 0 Å². The average Bonchev–Trinajstić information content (AvgIpc) is 3.19. The minimum Gasteiger partial charge on any atom is -0.490 e. The third-order valence-corrected chi connectivity index (χ3v) is 6.25. The van der Waals surface area contributed by atoms with Crippen LogP contribution in [-0.2, 0) is 25.6 Å². The molecule has 0 saturated carbocycles. The summed E-state index contributed by atoms with van der Waals surface area (Å²) in [5, 5.41) is 4.32. The van der Waals surface area contributed by atoms with E-state index < -0.39 is 5.60 Å². The highest BCUT2D eigenvalue weighted by Crippen LogP contribution is 2.26. The molecule has 35 heavy (non-hydrogen) atoms. The molecule has 0 bridgehead atoms. The van der Waals surface area contributed by atoms with Gasteiger partial charge in [-0.3, -0.25) is 9.59 Å². The first kappa shape index (κ1) is 25.1. The lowest BCUT2D eigenvalue weighted by molar-refractivity contribution is -0.167. The summed E-state index contributed by atoms with van der Waals surface area (Å²) in [6, 6.07) is 5.68. The summed E-state index contributed by atoms with van der Waals surface area (Å²) < 4.78 is 32.4. The number of amides is 2. The van der Waals surface area contributed by atoms with Crippen LogP contribution in [0.25, 0.3) is 0 Å². The van der Waals surface area contributed by atoms with Crippen molar-refractivity contribution in [1.29, 1.82) is 0 Å². The predicted molar refractivity (Wildman–Crippen MR) is 123 cm³/mol. The summed E-state index contributed by atoms with van der Waals surface area (Å²) in [5.74, 6) is 1.41. The maximum Gasteiger partial charge on any atom is 0.225 e. The number of nitrogens with zero attached hydrogens (tertiary/aromatic N) is 5. The molecule has 2 aliphatic rings. The molecule has 190 valence electrons. The summed E-state index contributed by atoms with van der Waals surface area (Å²) in [6.07, 6.45) is 0.329. The van der Waals surface area contributed by atoms with Crippen LogP contribution in [0.2, 0.25) is 0 Å². The van der Waals surface area contributed by atoms with Crippen molar-refractivity contribution in [3.63, 3.8) is 0 Å². The molecule has 2 aliphatic heterocycles. The molecule has 10 nitrogen and oxygen atoms in total. The predicted octanol–water partition coefficient (Wildman–Crippen LogP) is 1.35. The first-order valence-electron chi connectivity index (χ1n) is 11.9. The minimum absolute atomic E-state index is 0.0502. The molecule has 3 heterocycles. The van der Waals surface area contributed by atoms with Gasteiger partial charge in [0.1, 0.15) is 35.4 Å². The zero-order chi connectivity index (χ0) is 24.8. The van der Waals surface area contributed by atoms with E-state index in [0.717, 1.165) is 5.82 Å². The first-order valence-corrected chi connectivity index (χ1v) is 11.9. The number of hydrogen-bond donors (Lipinski definition) is 0. The van der Waals surface area contributed by atoms with Gasteiger partial charge in [0.05, 0.1) is 39.3 Å². The molecule has 11 heteroatoms. The van der Waals surface area contributed by atoms with Gasteiger partial charge in [0, 0.05) is 26.1 Å². The number of aromatic nitrogens is 3. The van der Waals surface area contributed by atoms with Crippen LogP contribution >= 0.6 is 0 Å². The maximum atomic E-state index is 13.3. The highest BCUT2D eigenvalue weighted by atomic mass is 19.1. The van der Waals surface area contributed by atoms with Crippen LogP contribution < -0.4 is 4.74 Å². The lowest BCUT2D eigenvalue weighted by Crippen LogP contribution is -2.58. The van der Waals surface area contributed by atoms with Crippen molar-refractivity contribution < 1.29 is 28.2 Å². The molecule has 0 spiro atoms. The number of hydrogen-bond acceptors (Lipinski definition) is 7. The fourth-order valence-corrected chi connectivity index (χ4v) is 4.38. The standard InChI is InChI=1S/C24H32FN5O5/c1-18-26-19(2)30(27-18)8-7-22(31)29-11-14-35-24(16-29,15-23(32)28-9-12-33-13-10-28)17-34-21-5-3-20(25)4-6-21/h3-6H,7-17H2,1-2H3/t24-/m1/s1. The Morgan fingerprint density at radius 2 is 1.77 bits per heavy atom. The van der Waals surface area contributed by atoms with Crippen molar-refractivity contribution >= 4 is 11.8 Å². The van der Waals surface area contributed by atoms with Gasteiger partial charge >= 0.3 is 0 Å². The van der Waals surface area contributed by atoms with E-state index >= 15 is 0 Å². The van der Waals surface area contributed by atoms with Crippen LogP contribution in [0.4, 0.5) is 4.39 Å². The van der Waals surface area contributed by atoms with Gasteiger partial charge in [-0.1, -0.05) is 0 Å². The van der Waals surface area contributed by atoms with Gasteiger partial charge in [0.25, 0.3) is 0 Å². The Labute approximate surface area is 203 Å². The summed E-state index contributed by atoms with van der Waals surface area (Å²) >= 11 is 0. The van der Waals surface area contributed by atoms with E-state index in [1.165, 1.54) is 24.3 Å². The zero-order valence-electron chi connectivity index (χ0n) is 20.2. The van der Waals surface area contributed by atoms with Crippen molar-refractivity contribution in [3.05, 3.63) is 41.7 Å². The normalized spacial score (nSPS) is 20.7. The molecule has 1 atom stereocenters. The molecular formula is C24H32FN5O5. The van der Waals surface area contributed by atoms with Gasteiger partial charge in [-0.05, 0) is 38.1 Å². The highest BCUT2D eigenvalue weighted by molar-refractivity contribution is 5.79. The zero-order valence-corrected chi connectivity index (χ0v) is 20.2. The lowest BCUT2D eigenvalue weighted by atomic mass is 9.96. The van der Waals surface area contributed by atoms with Crippen LogP contribution in [0.5, 0.6) is 5.75 Å². The molecule has 0 unspecified atom stereocenters. The molecule has 2 aromatic rings. The quantitative estimate of drug-likeness (QED) is 0.552. The Kier molecular flexibility index (Phi) is 7.97. The summed E-state index contributed by atoms with van der Waals surface area (Å²) in [7, 11) is 0. The second kappa shape index (κ2) is 11.1. The third-order valence-electron chi connectivity index (χ3n) is 6.25. The van der Waals surface area contributed by atoms with Gasteiger partial charge in [-0.25, -0.2) is 14.1 Å². The topological polar surface area (TPSA) is 99.0 Å². The molecule has 4 rings (SSSR count). The Morgan fingerprint density at radius 3 is 2.46 bits per heavy atom. The number of ether oxygens (including phenoxy) is 3. The van der Waals surface area contributed by atoms with Crippen LogP contribution in [0.15, 0.2) is 24.3 Å². The van der Waals surface area contributed by atoms with Gasteiger partial charge in [-0.15, -0.1) is 0 Å². The Balaban J connectivity index is 1.45. The molecule has 0 aliphatic carbocycles. The number of morpholine rings is 2. The van der Waals surface area contributed by atoms with Crippen molar-refractivity contribution in [1.82, 2.24) is 24.6 Å². The SMILES string of the molecule is Cc1nc(C)n(CCC(=O)N2CCO[C@](COc3ccc(F)cc3)(CC(=O)N3CCOCC3)C2)n1. The lowest BCUT2D eigenvalue weighted by Gasteiger charge is -2.43. The minimum atomic E-state index is -1.02. The van der Waals surface area contributed by atoms with E-state index in [1.54, 1.807) is 14.5 Å². The van der Waals surface area contributed by atoms with Crippen molar-refractivity contribution in [2.75, 3.05) is 52.6 Å². The van der Waals surface area contributed by atoms with E-state index in [-0.39, 0.29) is 50.2 Å². The molecule has 2 fully saturated rings. The fourth-order valence-electron chi connectivity index (χ4n) is 4.38. The third kappa shape index (κ3) is 6.55. The molecular weight excluding hydrogens is 457 g/mol. The monoisotopic (exact) mass is 489 g/mol. The van der Waals surface area contributed by atoms with Crippen LogP contribution in [0, 0.1) is 19.7 Å². The second-order valence-electron chi connectivity index (χ2n) is 8.94. The van der Waals surface area contributed by atoms with Crippen LogP contribution in [0.1, 0.15) is 24.5 Å². The molecule has 1 aromatic heterocycles. The number of benzene rings is 1. The Hall–Kier alpha value is -3.05. The molecule has 1 aromatic carbocycles. The average molecular weight is 490 g/mol. The summed E-state index contributed by atoms with van der Waals surface area (Å²) in [6.45, 7) is 7.12. The highest BCUT2D eigenvalue weighted by Gasteiger charge is 2.42. The number of carbonyl (C=O) groups is 2.